The number of nitriles is 1. The Kier molecular flexibility index (Phi) is 5.55. The van der Waals surface area contributed by atoms with Gasteiger partial charge in [-0.15, -0.1) is 0 Å². The summed E-state index contributed by atoms with van der Waals surface area (Å²) in [5.74, 6) is -2.20. The Bertz CT molecular complexity index is 811. The molecule has 1 heterocycles. The van der Waals surface area contributed by atoms with Gasteiger partial charge in [-0.1, -0.05) is 18.7 Å². The van der Waals surface area contributed by atoms with Crippen LogP contribution in [-0.2, 0) is 6.18 Å². The van der Waals surface area contributed by atoms with Crippen molar-refractivity contribution in [3.63, 3.8) is 0 Å². The first-order valence-corrected chi connectivity index (χ1v) is 7.18. The number of carbonyl (C=O) groups is 1. The molecular formula is C18H13F3N2O2. The highest BCUT2D eigenvalue weighted by molar-refractivity contribution is 6.04. The number of hydrogen-bond donors (Lipinski definition) is 0. The summed E-state index contributed by atoms with van der Waals surface area (Å²) in [6, 6.07) is 9.01. The number of ether oxygens (including phenoxy) is 1. The van der Waals surface area contributed by atoms with Gasteiger partial charge in [0.15, 0.2) is 11.7 Å². The first kappa shape index (κ1) is 18.2. The van der Waals surface area contributed by atoms with Gasteiger partial charge in [0.2, 0.25) is 0 Å². The number of pyridine rings is 1. The molecule has 0 fully saturated rings. The maximum absolute atomic E-state index is 13.0. The number of nitrogens with zero attached hydrogens (tertiary/aromatic N) is 2. The molecule has 0 N–H and O–H groups in total. The SMILES string of the molecule is C=CCOc1ccc(C(F)(F)F)cc1C(=O)[C@@H](C#N)c1ccccn1. The summed E-state index contributed by atoms with van der Waals surface area (Å²) in [6.07, 6.45) is -1.83. The van der Waals surface area contributed by atoms with Crippen LogP contribution in [0.4, 0.5) is 13.2 Å². The molecule has 1 aromatic heterocycles. The molecule has 7 heteroatoms. The van der Waals surface area contributed by atoms with E-state index in [1.165, 1.54) is 18.3 Å². The largest absolute Gasteiger partial charge is 0.489 e. The van der Waals surface area contributed by atoms with Gasteiger partial charge in [-0.05, 0) is 30.3 Å². The topological polar surface area (TPSA) is 63.0 Å². The molecule has 2 rings (SSSR count). The summed E-state index contributed by atoms with van der Waals surface area (Å²) in [5.41, 5.74) is -1.17. The Hall–Kier alpha value is -3.14. The van der Waals surface area contributed by atoms with Gasteiger partial charge in [-0.3, -0.25) is 9.78 Å². The molecule has 0 bridgehead atoms. The second-order valence-electron chi connectivity index (χ2n) is 4.99. The van der Waals surface area contributed by atoms with Gasteiger partial charge in [0.05, 0.1) is 22.9 Å². The molecule has 0 unspecified atom stereocenters. The number of Topliss-reactive ketones (excluding diaryl/α,β-unsaturated/α-hetero) is 1. The van der Waals surface area contributed by atoms with Crippen molar-refractivity contribution in [3.05, 3.63) is 72.1 Å². The van der Waals surface area contributed by atoms with E-state index in [1.54, 1.807) is 18.2 Å². The van der Waals surface area contributed by atoms with Crippen LogP contribution < -0.4 is 4.74 Å². The fraction of sp³-hybridized carbons (Fsp3) is 0.167. The van der Waals surface area contributed by atoms with E-state index in [0.29, 0.717) is 6.07 Å². The highest BCUT2D eigenvalue weighted by atomic mass is 19.4. The van der Waals surface area contributed by atoms with Crippen molar-refractivity contribution in [2.45, 2.75) is 12.1 Å². The second-order valence-corrected chi connectivity index (χ2v) is 4.99. The molecular weight excluding hydrogens is 333 g/mol. The van der Waals surface area contributed by atoms with Gasteiger partial charge in [0.25, 0.3) is 0 Å². The molecule has 0 aliphatic heterocycles. The number of rotatable bonds is 6. The Balaban J connectivity index is 2.51. The number of halogens is 3. The van der Waals surface area contributed by atoms with E-state index in [4.69, 9.17) is 4.74 Å². The van der Waals surface area contributed by atoms with Crippen LogP contribution in [0.3, 0.4) is 0 Å². The average Bonchev–Trinajstić information content (AvgIpc) is 2.60. The van der Waals surface area contributed by atoms with Gasteiger partial charge in [0, 0.05) is 6.20 Å². The third kappa shape index (κ3) is 4.23. The van der Waals surface area contributed by atoms with Crippen molar-refractivity contribution in [1.29, 1.82) is 5.26 Å². The molecule has 1 aromatic carbocycles. The molecule has 0 amide bonds. The van der Waals surface area contributed by atoms with Crippen molar-refractivity contribution in [1.82, 2.24) is 4.98 Å². The summed E-state index contributed by atoms with van der Waals surface area (Å²) >= 11 is 0. The van der Waals surface area contributed by atoms with Crippen molar-refractivity contribution in [2.75, 3.05) is 6.61 Å². The lowest BCUT2D eigenvalue weighted by Crippen LogP contribution is -2.16. The highest BCUT2D eigenvalue weighted by Gasteiger charge is 2.33. The van der Waals surface area contributed by atoms with Gasteiger partial charge in [-0.25, -0.2) is 0 Å². The predicted octanol–water partition coefficient (Wildman–Crippen LogP) is 4.16. The first-order chi connectivity index (χ1) is 11.9. The number of benzene rings is 1. The third-order valence-electron chi connectivity index (χ3n) is 3.30. The van der Waals surface area contributed by atoms with E-state index in [0.717, 1.165) is 12.1 Å². The summed E-state index contributed by atoms with van der Waals surface area (Å²) in [7, 11) is 0. The smallest absolute Gasteiger partial charge is 0.416 e. The number of aromatic nitrogens is 1. The molecule has 2 aromatic rings. The maximum Gasteiger partial charge on any atom is 0.416 e. The van der Waals surface area contributed by atoms with Gasteiger partial charge in [-0.2, -0.15) is 18.4 Å². The fourth-order valence-corrected chi connectivity index (χ4v) is 2.13. The number of alkyl halides is 3. The van der Waals surface area contributed by atoms with Gasteiger partial charge >= 0.3 is 6.18 Å². The summed E-state index contributed by atoms with van der Waals surface area (Å²) in [6.45, 7) is 3.46. The minimum absolute atomic E-state index is 0.00640. The first-order valence-electron chi connectivity index (χ1n) is 7.18. The Morgan fingerprint density at radius 1 is 1.36 bits per heavy atom. The lowest BCUT2D eigenvalue weighted by molar-refractivity contribution is -0.137. The number of ketones is 1. The van der Waals surface area contributed by atoms with Crippen LogP contribution in [0, 0.1) is 11.3 Å². The van der Waals surface area contributed by atoms with Crippen LogP contribution in [0.1, 0.15) is 27.5 Å². The molecule has 0 saturated carbocycles. The Labute approximate surface area is 142 Å². The third-order valence-corrected chi connectivity index (χ3v) is 3.30. The Morgan fingerprint density at radius 2 is 2.12 bits per heavy atom. The van der Waals surface area contributed by atoms with Crippen molar-refractivity contribution in [2.24, 2.45) is 0 Å². The zero-order chi connectivity index (χ0) is 18.4. The fourth-order valence-electron chi connectivity index (χ4n) is 2.13. The normalized spacial score (nSPS) is 12.1. The summed E-state index contributed by atoms with van der Waals surface area (Å²) in [5, 5.41) is 9.32. The van der Waals surface area contributed by atoms with E-state index in [2.05, 4.69) is 11.6 Å². The average molecular weight is 346 g/mol. The molecule has 0 aliphatic rings. The lowest BCUT2D eigenvalue weighted by Gasteiger charge is -2.15. The summed E-state index contributed by atoms with van der Waals surface area (Å²) < 4.78 is 44.2. The van der Waals surface area contributed by atoms with E-state index in [1.807, 2.05) is 0 Å². The van der Waals surface area contributed by atoms with Crippen LogP contribution in [0.15, 0.2) is 55.3 Å². The van der Waals surface area contributed by atoms with Crippen LogP contribution in [0.5, 0.6) is 5.75 Å². The lowest BCUT2D eigenvalue weighted by atomic mass is 9.93. The van der Waals surface area contributed by atoms with Crippen molar-refractivity contribution in [3.8, 4) is 11.8 Å². The maximum atomic E-state index is 13.0. The Morgan fingerprint density at radius 3 is 2.68 bits per heavy atom. The molecule has 0 radical (unpaired) electrons. The highest BCUT2D eigenvalue weighted by Crippen LogP contribution is 2.34. The van der Waals surface area contributed by atoms with Crippen LogP contribution >= 0.6 is 0 Å². The molecule has 1 atom stereocenters. The second kappa shape index (κ2) is 7.62. The van der Waals surface area contributed by atoms with E-state index >= 15 is 0 Å². The summed E-state index contributed by atoms with van der Waals surface area (Å²) in [4.78, 5) is 16.6. The molecule has 4 nitrogen and oxygen atoms in total. The molecule has 128 valence electrons. The van der Waals surface area contributed by atoms with E-state index in [-0.39, 0.29) is 23.6 Å². The zero-order valence-electron chi connectivity index (χ0n) is 13.0. The van der Waals surface area contributed by atoms with Crippen molar-refractivity contribution < 1.29 is 22.7 Å². The zero-order valence-corrected chi connectivity index (χ0v) is 13.0. The van der Waals surface area contributed by atoms with E-state index in [9.17, 15) is 23.2 Å². The molecule has 25 heavy (non-hydrogen) atoms. The minimum Gasteiger partial charge on any atom is -0.489 e. The molecule has 0 aliphatic carbocycles. The monoisotopic (exact) mass is 346 g/mol. The molecule has 0 spiro atoms. The minimum atomic E-state index is -4.63. The standard InChI is InChI=1S/C18H13F3N2O2/c1-2-9-25-16-7-6-12(18(19,20)21)10-13(16)17(24)14(11-22)15-5-3-4-8-23-15/h2-8,10,14H,1,9H2/t14-/m0/s1. The van der Waals surface area contributed by atoms with Gasteiger partial charge in [0.1, 0.15) is 12.4 Å². The van der Waals surface area contributed by atoms with Crippen LogP contribution in [0.2, 0.25) is 0 Å². The van der Waals surface area contributed by atoms with Crippen LogP contribution in [-0.4, -0.2) is 17.4 Å². The van der Waals surface area contributed by atoms with Crippen LogP contribution in [0.25, 0.3) is 0 Å². The number of hydrogen-bond acceptors (Lipinski definition) is 4. The van der Waals surface area contributed by atoms with Crippen molar-refractivity contribution >= 4 is 5.78 Å². The molecule has 0 saturated heterocycles. The number of carbonyl (C=O) groups excluding carboxylic acids is 1. The van der Waals surface area contributed by atoms with E-state index < -0.39 is 23.4 Å². The van der Waals surface area contributed by atoms with Gasteiger partial charge < -0.3 is 4.74 Å². The predicted molar refractivity (Wildman–Crippen MR) is 84.1 cm³/mol. The quantitative estimate of drug-likeness (QED) is 0.582.